The number of para-hydroxylation sites is 1. The summed E-state index contributed by atoms with van der Waals surface area (Å²) in [5.41, 5.74) is 2.06. The maximum atomic E-state index is 12.0. The Labute approximate surface area is 107 Å². The molecule has 1 aromatic rings. The van der Waals surface area contributed by atoms with Gasteiger partial charge in [-0.15, -0.1) is 0 Å². The molecule has 1 aromatic carbocycles. The Morgan fingerprint density at radius 3 is 2.56 bits per heavy atom. The van der Waals surface area contributed by atoms with E-state index in [1.807, 2.05) is 38.1 Å². The second-order valence-corrected chi connectivity index (χ2v) is 4.15. The lowest BCUT2D eigenvalue weighted by Gasteiger charge is -2.24. The van der Waals surface area contributed by atoms with Gasteiger partial charge < -0.3 is 14.4 Å². The first kappa shape index (κ1) is 13.1. The molecule has 0 radical (unpaired) electrons. The van der Waals surface area contributed by atoms with Crippen LogP contribution in [0.1, 0.15) is 19.4 Å². The average molecular weight is 249 g/mol. The smallest absolute Gasteiger partial charge is 0.231 e. The van der Waals surface area contributed by atoms with Gasteiger partial charge in [-0.1, -0.05) is 18.2 Å². The van der Waals surface area contributed by atoms with E-state index in [-0.39, 0.29) is 12.2 Å². The second kappa shape index (κ2) is 5.98. The van der Waals surface area contributed by atoms with Gasteiger partial charge >= 0.3 is 0 Å². The summed E-state index contributed by atoms with van der Waals surface area (Å²) < 4.78 is 11.0. The lowest BCUT2D eigenvalue weighted by Crippen LogP contribution is -2.37. The molecule has 0 N–H and O–H groups in total. The van der Waals surface area contributed by atoms with Crippen LogP contribution in [0.3, 0.4) is 0 Å². The number of carbonyl (C=O) groups excluding carboxylic acids is 1. The van der Waals surface area contributed by atoms with E-state index in [0.717, 1.165) is 11.3 Å². The van der Waals surface area contributed by atoms with E-state index < -0.39 is 0 Å². The first-order valence-corrected chi connectivity index (χ1v) is 6.37. The Balaban J connectivity index is 2.10. The molecule has 0 fully saturated rings. The van der Waals surface area contributed by atoms with E-state index in [0.29, 0.717) is 26.2 Å². The van der Waals surface area contributed by atoms with Crippen molar-refractivity contribution < 1.29 is 14.3 Å². The van der Waals surface area contributed by atoms with Gasteiger partial charge in [0, 0.05) is 18.9 Å². The fourth-order valence-corrected chi connectivity index (χ4v) is 2.19. The summed E-state index contributed by atoms with van der Waals surface area (Å²) in [4.78, 5) is 13.7. The zero-order chi connectivity index (χ0) is 13.0. The van der Waals surface area contributed by atoms with Crippen LogP contribution in [-0.2, 0) is 20.7 Å². The predicted molar refractivity (Wildman–Crippen MR) is 69.5 cm³/mol. The molecule has 0 unspecified atom stereocenters. The monoisotopic (exact) mass is 249 g/mol. The Kier molecular flexibility index (Phi) is 4.33. The maximum absolute atomic E-state index is 12.0. The molecule has 1 amide bonds. The van der Waals surface area contributed by atoms with Crippen LogP contribution >= 0.6 is 0 Å². The van der Waals surface area contributed by atoms with Crippen LogP contribution in [0.25, 0.3) is 0 Å². The normalized spacial score (nSPS) is 14.4. The van der Waals surface area contributed by atoms with Crippen molar-refractivity contribution in [2.45, 2.75) is 26.6 Å². The molecule has 0 saturated heterocycles. The highest BCUT2D eigenvalue weighted by molar-refractivity contribution is 6.01. The molecule has 1 aliphatic heterocycles. The Morgan fingerprint density at radius 2 is 1.89 bits per heavy atom. The fraction of sp³-hybridized carbons (Fsp3) is 0.500. The van der Waals surface area contributed by atoms with E-state index in [4.69, 9.17) is 9.47 Å². The van der Waals surface area contributed by atoms with Gasteiger partial charge in [0.05, 0.1) is 13.0 Å². The maximum Gasteiger partial charge on any atom is 0.231 e. The van der Waals surface area contributed by atoms with Gasteiger partial charge in [0.25, 0.3) is 0 Å². The summed E-state index contributed by atoms with van der Waals surface area (Å²) in [6.07, 6.45) is 0.122. The second-order valence-electron chi connectivity index (χ2n) is 4.15. The highest BCUT2D eigenvalue weighted by atomic mass is 16.7. The SMILES string of the molecule is CCOC(CN1C(=O)Cc2ccccc21)OCC. The van der Waals surface area contributed by atoms with E-state index in [1.165, 1.54) is 0 Å². The third-order valence-electron chi connectivity index (χ3n) is 2.96. The fourth-order valence-electron chi connectivity index (χ4n) is 2.19. The number of amides is 1. The summed E-state index contributed by atoms with van der Waals surface area (Å²) >= 11 is 0. The summed E-state index contributed by atoms with van der Waals surface area (Å²) in [5.74, 6) is 0.112. The van der Waals surface area contributed by atoms with Crippen LogP contribution in [0.15, 0.2) is 24.3 Å². The van der Waals surface area contributed by atoms with Gasteiger partial charge in [-0.2, -0.15) is 0 Å². The van der Waals surface area contributed by atoms with Crippen molar-refractivity contribution in [3.8, 4) is 0 Å². The van der Waals surface area contributed by atoms with Gasteiger partial charge in [0.15, 0.2) is 6.29 Å². The number of fused-ring (bicyclic) bond motifs is 1. The molecule has 0 atom stereocenters. The number of benzene rings is 1. The van der Waals surface area contributed by atoms with Crippen molar-refractivity contribution in [1.82, 2.24) is 0 Å². The van der Waals surface area contributed by atoms with E-state index in [9.17, 15) is 4.79 Å². The minimum Gasteiger partial charge on any atom is -0.351 e. The van der Waals surface area contributed by atoms with Crippen LogP contribution in [0, 0.1) is 0 Å². The molecular weight excluding hydrogens is 230 g/mol. The number of hydrogen-bond donors (Lipinski definition) is 0. The molecule has 0 saturated carbocycles. The van der Waals surface area contributed by atoms with Crippen molar-refractivity contribution in [3.05, 3.63) is 29.8 Å². The number of ether oxygens (including phenoxy) is 2. The van der Waals surface area contributed by atoms with Crippen LogP contribution in [-0.4, -0.2) is 32.0 Å². The summed E-state index contributed by atoms with van der Waals surface area (Å²) in [5, 5.41) is 0. The zero-order valence-electron chi connectivity index (χ0n) is 10.9. The van der Waals surface area contributed by atoms with Crippen molar-refractivity contribution in [2.75, 3.05) is 24.7 Å². The summed E-state index contributed by atoms with van der Waals surface area (Å²) in [6, 6.07) is 7.86. The van der Waals surface area contributed by atoms with Gasteiger partial charge in [-0.3, -0.25) is 4.79 Å². The van der Waals surface area contributed by atoms with Crippen LogP contribution in [0.4, 0.5) is 5.69 Å². The number of nitrogens with zero attached hydrogens (tertiary/aromatic N) is 1. The molecule has 0 bridgehead atoms. The van der Waals surface area contributed by atoms with Crippen LogP contribution < -0.4 is 4.90 Å². The molecule has 1 aliphatic rings. The number of carbonyl (C=O) groups is 1. The highest BCUT2D eigenvalue weighted by Crippen LogP contribution is 2.28. The molecule has 4 heteroatoms. The van der Waals surface area contributed by atoms with E-state index >= 15 is 0 Å². The lowest BCUT2D eigenvalue weighted by atomic mass is 10.2. The lowest BCUT2D eigenvalue weighted by molar-refractivity contribution is -0.135. The summed E-state index contributed by atoms with van der Waals surface area (Å²) in [6.45, 7) is 5.46. The molecule has 98 valence electrons. The predicted octanol–water partition coefficient (Wildman–Crippen LogP) is 1.97. The summed E-state index contributed by atoms with van der Waals surface area (Å²) in [7, 11) is 0. The van der Waals surface area contributed by atoms with E-state index in [2.05, 4.69) is 0 Å². The average Bonchev–Trinajstić information content (AvgIpc) is 2.67. The number of hydrogen-bond acceptors (Lipinski definition) is 3. The number of rotatable bonds is 6. The quantitative estimate of drug-likeness (QED) is 0.724. The van der Waals surface area contributed by atoms with Gasteiger partial charge in [-0.05, 0) is 25.5 Å². The topological polar surface area (TPSA) is 38.8 Å². The highest BCUT2D eigenvalue weighted by Gasteiger charge is 2.29. The molecule has 4 nitrogen and oxygen atoms in total. The van der Waals surface area contributed by atoms with Crippen LogP contribution in [0.2, 0.25) is 0 Å². The van der Waals surface area contributed by atoms with Gasteiger partial charge in [0.2, 0.25) is 5.91 Å². The van der Waals surface area contributed by atoms with Gasteiger partial charge in [-0.25, -0.2) is 0 Å². The first-order valence-electron chi connectivity index (χ1n) is 6.37. The molecule has 0 aromatic heterocycles. The Bertz CT molecular complexity index is 413. The molecular formula is C14H19NO3. The minimum atomic E-state index is -0.352. The van der Waals surface area contributed by atoms with Crippen LogP contribution in [0.5, 0.6) is 0 Å². The van der Waals surface area contributed by atoms with Crippen molar-refractivity contribution in [1.29, 1.82) is 0 Å². The first-order chi connectivity index (χ1) is 8.76. The minimum absolute atomic E-state index is 0.112. The molecule has 0 aliphatic carbocycles. The molecule has 2 rings (SSSR count). The van der Waals surface area contributed by atoms with Crippen molar-refractivity contribution >= 4 is 11.6 Å². The third kappa shape index (κ3) is 2.71. The third-order valence-corrected chi connectivity index (χ3v) is 2.96. The molecule has 18 heavy (non-hydrogen) atoms. The molecule has 1 heterocycles. The molecule has 0 spiro atoms. The Morgan fingerprint density at radius 1 is 1.22 bits per heavy atom. The Hall–Kier alpha value is -1.39. The largest absolute Gasteiger partial charge is 0.351 e. The number of anilines is 1. The van der Waals surface area contributed by atoms with Gasteiger partial charge in [0.1, 0.15) is 0 Å². The van der Waals surface area contributed by atoms with E-state index in [1.54, 1.807) is 4.90 Å². The van der Waals surface area contributed by atoms with Crippen molar-refractivity contribution in [3.63, 3.8) is 0 Å². The standard InChI is InChI=1S/C14H19NO3/c1-3-17-14(18-4-2)10-15-12-8-6-5-7-11(12)9-13(15)16/h5-8,14H,3-4,9-10H2,1-2H3. The zero-order valence-corrected chi connectivity index (χ0v) is 10.9. The van der Waals surface area contributed by atoms with Crippen molar-refractivity contribution in [2.24, 2.45) is 0 Å².